The second-order valence-corrected chi connectivity index (χ2v) is 7.26. The van der Waals surface area contributed by atoms with Crippen molar-refractivity contribution in [1.29, 1.82) is 0 Å². The average molecular weight is 476 g/mol. The Kier molecular flexibility index (Phi) is 7.04. The van der Waals surface area contributed by atoms with Gasteiger partial charge in [-0.05, 0) is 24.3 Å². The number of benzene rings is 2. The van der Waals surface area contributed by atoms with E-state index in [1.807, 2.05) is 10.2 Å². The summed E-state index contributed by atoms with van der Waals surface area (Å²) in [6, 6.07) is 8.29. The number of nitro benzene ring substituents is 1. The Balaban J connectivity index is 0.00000306. The molecule has 2 aliphatic rings. The molecule has 0 atom stereocenters. The molecule has 2 aromatic rings. The number of amides is 4. The molecule has 2 fully saturated rings. The van der Waals surface area contributed by atoms with Gasteiger partial charge < -0.3 is 22.6 Å². The summed E-state index contributed by atoms with van der Waals surface area (Å²) in [4.78, 5) is 51.1. The monoisotopic (exact) mass is 475 g/mol. The summed E-state index contributed by atoms with van der Waals surface area (Å²) in [6.07, 6.45) is 1.21. The van der Waals surface area contributed by atoms with E-state index in [4.69, 9.17) is 0 Å². The second-order valence-electron chi connectivity index (χ2n) is 7.26. The number of nitrogens with zero attached hydrogens (tertiary/aromatic N) is 3. The fourth-order valence-corrected chi connectivity index (χ4v) is 3.72. The third kappa shape index (κ3) is 4.69. The molecule has 33 heavy (non-hydrogen) atoms. The van der Waals surface area contributed by atoms with Crippen LogP contribution in [0.4, 0.5) is 26.2 Å². The molecule has 4 amide bonds. The van der Waals surface area contributed by atoms with E-state index < -0.39 is 34.2 Å². The number of urea groups is 1. The maximum atomic E-state index is 14.3. The normalized spacial score (nSPS) is 17.6. The molecule has 2 aromatic carbocycles. The molecule has 0 aromatic heterocycles. The minimum atomic E-state index is -1.08. The predicted molar refractivity (Wildman–Crippen MR) is 112 cm³/mol. The van der Waals surface area contributed by atoms with Gasteiger partial charge in [0.05, 0.1) is 36.8 Å². The highest BCUT2D eigenvalue weighted by Crippen LogP contribution is 2.30. The topological polar surface area (TPSA) is 129 Å². The molecule has 0 bridgehead atoms. The van der Waals surface area contributed by atoms with Gasteiger partial charge in [0.1, 0.15) is 11.4 Å². The van der Waals surface area contributed by atoms with Crippen LogP contribution in [0.2, 0.25) is 0 Å². The molecular formula is C21H19ClFN5O5. The highest BCUT2D eigenvalue weighted by atomic mass is 35.5. The van der Waals surface area contributed by atoms with Gasteiger partial charge in [0.15, 0.2) is 0 Å². The van der Waals surface area contributed by atoms with Crippen LogP contribution in [0, 0.1) is 15.9 Å². The van der Waals surface area contributed by atoms with Crippen molar-refractivity contribution in [2.24, 2.45) is 0 Å². The van der Waals surface area contributed by atoms with Gasteiger partial charge in [0.2, 0.25) is 0 Å². The summed E-state index contributed by atoms with van der Waals surface area (Å²) >= 11 is 0. The lowest BCUT2D eigenvalue weighted by molar-refractivity contribution is -0.655. The number of non-ortho nitro benzene ring substituents is 1. The Hall–Kier alpha value is -3.83. The predicted octanol–water partition coefficient (Wildman–Crippen LogP) is -2.21. The zero-order chi connectivity index (χ0) is 22.8. The zero-order valence-electron chi connectivity index (χ0n) is 17.2. The molecule has 10 nitrogen and oxygen atoms in total. The first-order valence-corrected chi connectivity index (χ1v) is 9.88. The summed E-state index contributed by atoms with van der Waals surface area (Å²) in [7, 11) is 0. The first-order valence-electron chi connectivity index (χ1n) is 9.88. The Morgan fingerprint density at radius 2 is 1.76 bits per heavy atom. The Morgan fingerprint density at radius 1 is 1.06 bits per heavy atom. The molecule has 0 spiro atoms. The highest BCUT2D eigenvalue weighted by Gasteiger charge is 2.38. The number of anilines is 2. The van der Waals surface area contributed by atoms with Crippen LogP contribution in [-0.2, 0) is 9.59 Å². The largest absolute Gasteiger partial charge is 1.00 e. The standard InChI is InChI=1S/C21H18FN5O5.ClH/c22-16-3-1-2-4-18(16)26-20(29)15(19(28)24-21(26)30)12-13-11-14(27(31)32)5-6-17(13)25-9-7-23-8-10-25;/h1-6,11-12,23H,7-10H2,(H,24,28,30);1H/b15-12-;. The van der Waals surface area contributed by atoms with E-state index >= 15 is 0 Å². The first-order chi connectivity index (χ1) is 15.4. The third-order valence-electron chi connectivity index (χ3n) is 5.26. The number of piperazine rings is 1. The van der Waals surface area contributed by atoms with E-state index in [-0.39, 0.29) is 29.3 Å². The summed E-state index contributed by atoms with van der Waals surface area (Å²) in [6.45, 7) is 2.99. The maximum Gasteiger partial charge on any atom is 0.336 e. The number of nitro groups is 1. The molecule has 0 radical (unpaired) electrons. The van der Waals surface area contributed by atoms with E-state index in [1.165, 1.54) is 36.4 Å². The number of imide groups is 2. The van der Waals surface area contributed by atoms with E-state index in [2.05, 4.69) is 5.32 Å². The van der Waals surface area contributed by atoms with Crippen LogP contribution in [0.3, 0.4) is 0 Å². The van der Waals surface area contributed by atoms with Crippen molar-refractivity contribution >= 4 is 41.0 Å². The molecule has 3 N–H and O–H groups in total. The number of carbonyl (C=O) groups is 3. The van der Waals surface area contributed by atoms with Gasteiger partial charge in [-0.2, -0.15) is 0 Å². The number of barbiturate groups is 1. The lowest BCUT2D eigenvalue weighted by atomic mass is 10.0. The number of nitrogens with two attached hydrogens (primary N) is 1. The van der Waals surface area contributed by atoms with Crippen LogP contribution in [0.25, 0.3) is 6.08 Å². The number of quaternary nitrogens is 1. The number of para-hydroxylation sites is 1. The van der Waals surface area contributed by atoms with Crippen LogP contribution >= 0.6 is 0 Å². The van der Waals surface area contributed by atoms with Crippen LogP contribution in [-0.4, -0.2) is 48.9 Å². The number of hydrogen-bond acceptors (Lipinski definition) is 6. The van der Waals surface area contributed by atoms with Crippen LogP contribution in [0.1, 0.15) is 5.56 Å². The molecule has 0 aliphatic carbocycles. The Morgan fingerprint density at radius 3 is 2.42 bits per heavy atom. The smallest absolute Gasteiger partial charge is 0.336 e. The van der Waals surface area contributed by atoms with Crippen LogP contribution in [0.15, 0.2) is 48.0 Å². The lowest BCUT2D eigenvalue weighted by Crippen LogP contribution is -3.00. The van der Waals surface area contributed by atoms with Gasteiger partial charge in [-0.1, -0.05) is 12.1 Å². The van der Waals surface area contributed by atoms with Crippen molar-refractivity contribution in [2.45, 2.75) is 0 Å². The second kappa shape index (κ2) is 9.76. The number of hydrogen-bond donors (Lipinski definition) is 2. The van der Waals surface area contributed by atoms with Gasteiger partial charge >= 0.3 is 6.03 Å². The van der Waals surface area contributed by atoms with E-state index in [0.717, 1.165) is 19.2 Å². The SMILES string of the molecule is O=C1NC(=O)N(c2ccccc2F)C(=O)/C1=C\c1cc([N+](=O)[O-])ccc1N1CC[NH2+]CC1.[Cl-]. The molecular weight excluding hydrogens is 457 g/mol. The zero-order valence-corrected chi connectivity index (χ0v) is 17.9. The average Bonchev–Trinajstić information content (AvgIpc) is 2.78. The summed E-state index contributed by atoms with van der Waals surface area (Å²) in [5.41, 5.74) is -0.0548. The minimum absolute atomic E-state index is 0. The molecule has 4 rings (SSSR count). The van der Waals surface area contributed by atoms with Gasteiger partial charge in [-0.15, -0.1) is 0 Å². The third-order valence-corrected chi connectivity index (χ3v) is 5.26. The number of rotatable bonds is 4. The Labute approximate surface area is 193 Å². The molecule has 2 heterocycles. The van der Waals surface area contributed by atoms with Crippen molar-refractivity contribution in [3.63, 3.8) is 0 Å². The van der Waals surface area contributed by atoms with Crippen molar-refractivity contribution in [3.05, 3.63) is 69.5 Å². The lowest BCUT2D eigenvalue weighted by Gasteiger charge is -2.29. The summed E-state index contributed by atoms with van der Waals surface area (Å²) in [5, 5.41) is 15.5. The van der Waals surface area contributed by atoms with Crippen molar-refractivity contribution in [3.8, 4) is 0 Å². The van der Waals surface area contributed by atoms with Gasteiger partial charge in [0.25, 0.3) is 17.5 Å². The fourth-order valence-electron chi connectivity index (χ4n) is 3.72. The van der Waals surface area contributed by atoms with E-state index in [1.54, 1.807) is 6.07 Å². The molecule has 2 aliphatic heterocycles. The molecule has 0 saturated carbocycles. The van der Waals surface area contributed by atoms with E-state index in [0.29, 0.717) is 23.7 Å². The molecule has 2 saturated heterocycles. The maximum absolute atomic E-state index is 14.3. The van der Waals surface area contributed by atoms with Crippen molar-refractivity contribution in [1.82, 2.24) is 5.32 Å². The highest BCUT2D eigenvalue weighted by molar-refractivity contribution is 6.39. The van der Waals surface area contributed by atoms with E-state index in [9.17, 15) is 28.9 Å². The molecule has 12 heteroatoms. The molecule has 172 valence electrons. The van der Waals surface area contributed by atoms with Gasteiger partial charge in [-0.25, -0.2) is 14.1 Å². The Bertz CT molecular complexity index is 1170. The van der Waals surface area contributed by atoms with Gasteiger partial charge in [-0.3, -0.25) is 25.0 Å². The quantitative estimate of drug-likeness (QED) is 0.223. The van der Waals surface area contributed by atoms with Gasteiger partial charge in [0, 0.05) is 23.4 Å². The summed E-state index contributed by atoms with van der Waals surface area (Å²) in [5.74, 6) is -2.80. The number of carbonyl (C=O) groups excluding carboxylic acids is 3. The van der Waals surface area contributed by atoms with Crippen molar-refractivity contribution < 1.29 is 41.4 Å². The molecule has 0 unspecified atom stereocenters. The van der Waals surface area contributed by atoms with Crippen LogP contribution < -0.4 is 32.8 Å². The fraction of sp³-hybridized carbons (Fsp3) is 0.190. The van der Waals surface area contributed by atoms with Crippen LogP contribution in [0.5, 0.6) is 0 Å². The number of nitrogens with one attached hydrogen (secondary N) is 1. The number of halogens is 2. The van der Waals surface area contributed by atoms with Crippen molar-refractivity contribution in [2.75, 3.05) is 36.0 Å². The first kappa shape index (κ1) is 23.8. The minimum Gasteiger partial charge on any atom is -1.00 e. The summed E-state index contributed by atoms with van der Waals surface area (Å²) < 4.78 is 14.3.